The number of hydrogen-bond donors (Lipinski definition) is 2. The highest BCUT2D eigenvalue weighted by atomic mass is 16.6. The van der Waals surface area contributed by atoms with E-state index in [1.54, 1.807) is 5.32 Å². The fourth-order valence-electron chi connectivity index (χ4n) is 1.58. The molecule has 2 aromatic rings. The van der Waals surface area contributed by atoms with Crippen LogP contribution in [-0.2, 0) is 17.5 Å². The number of carbonyl (C=O) groups excluding carboxylic acids is 1. The van der Waals surface area contributed by atoms with Gasteiger partial charge in [-0.1, -0.05) is 6.04 Å². The van der Waals surface area contributed by atoms with Crippen molar-refractivity contribution in [3.63, 3.8) is 0 Å². The van der Waals surface area contributed by atoms with Gasteiger partial charge in [0.1, 0.15) is 6.56 Å². The van der Waals surface area contributed by atoms with Crippen LogP contribution in [0.5, 0.6) is 0 Å². The van der Waals surface area contributed by atoms with Gasteiger partial charge in [-0.3, -0.25) is 0 Å². The molecule has 5 nitrogen and oxygen atoms in total. The van der Waals surface area contributed by atoms with E-state index in [1.807, 2.05) is 0 Å². The maximum absolute atomic E-state index is 11.7. The second kappa shape index (κ2) is 5.77. The monoisotopic (exact) mass is 306 g/mol. The lowest BCUT2D eigenvalue weighted by Gasteiger charge is -2.09. The number of aromatic nitrogens is 1. The maximum Gasteiger partial charge on any atom is 0.407 e. The highest BCUT2D eigenvalue weighted by Gasteiger charge is 2.22. The van der Waals surface area contributed by atoms with E-state index in [0.29, 0.717) is 0 Å². The molecule has 21 heavy (non-hydrogen) atoms. The number of aromatic amines is 1. The second-order valence-corrected chi connectivity index (χ2v) is 3.81. The first-order chi connectivity index (χ1) is 17.6. The number of nitrogens with zero attached hydrogens (tertiary/aromatic N) is 1. The predicted octanol–water partition coefficient (Wildman–Crippen LogP) is 1.92. The van der Waals surface area contributed by atoms with Crippen molar-refractivity contribution in [2.45, 2.75) is 18.8 Å². The number of likely N-dealkylation sites (N-methyl/N-ethyl adjacent to an activating group) is 1. The summed E-state index contributed by atoms with van der Waals surface area (Å²) in [6, 6.07) is -6.79. The van der Waals surface area contributed by atoms with E-state index in [1.165, 1.54) is 0 Å². The lowest BCUT2D eigenvalue weighted by molar-refractivity contribution is 0.177. The first kappa shape index (κ1) is 3.84. The molecule has 1 aromatic carbocycles. The normalized spacial score (nSPS) is 40.6. The Labute approximate surface area is 151 Å². The van der Waals surface area contributed by atoms with Gasteiger partial charge >= 0.3 is 6.09 Å². The minimum atomic E-state index is -3.98. The highest BCUT2D eigenvalue weighted by Crippen LogP contribution is 2.21. The van der Waals surface area contributed by atoms with Crippen molar-refractivity contribution >= 4 is 17.0 Å². The summed E-state index contributed by atoms with van der Waals surface area (Å²) in [6.45, 7) is -14.9. The van der Waals surface area contributed by atoms with Gasteiger partial charge < -0.3 is 19.9 Å². The number of nitrogens with one attached hydrogen (secondary N) is 2. The molecular weight excluding hydrogens is 266 g/mol. The van der Waals surface area contributed by atoms with Crippen LogP contribution in [0.1, 0.15) is 37.2 Å². The molecule has 1 saturated heterocycles. The van der Waals surface area contributed by atoms with Crippen LogP contribution in [0.2, 0.25) is 0 Å². The van der Waals surface area contributed by atoms with Crippen LogP contribution in [0.4, 0.5) is 4.79 Å². The van der Waals surface area contributed by atoms with Gasteiger partial charge in [0.25, 0.3) is 0 Å². The highest BCUT2D eigenvalue weighted by molar-refractivity contribution is 5.84. The van der Waals surface area contributed by atoms with Crippen LogP contribution in [0, 0.1) is 0 Å². The zero-order valence-electron chi connectivity index (χ0n) is 29.3. The first-order valence-electron chi connectivity index (χ1n) is 15.0. The van der Waals surface area contributed by atoms with Crippen LogP contribution in [0.25, 0.3) is 10.9 Å². The van der Waals surface area contributed by atoms with Gasteiger partial charge in [-0.05, 0) is 49.9 Å². The lowest BCUT2D eigenvalue weighted by atomic mass is 10.0. The van der Waals surface area contributed by atoms with E-state index in [0.717, 1.165) is 0 Å². The van der Waals surface area contributed by atoms with E-state index in [9.17, 15) is 4.79 Å². The van der Waals surface area contributed by atoms with Crippen molar-refractivity contribution < 1.29 is 35.6 Å². The number of hydrogen-bond acceptors (Lipinski definition) is 3. The standard InChI is InChI=1S/C16H21N3O2/c1-19(2)6-5-12-9-17-15-4-3-11(8-14(12)15)7-13-10-21-16(20)18-13/h3-4,8-9,13,17H,5-7,10H2,1-2H3,(H,18,20)/t13-/m0/s1/i1D3,2D3,3D,4D,5D2,6D2,7D2,8D,9D,10D2,13D. The predicted molar refractivity (Wildman–Crippen MR) is 82.5 cm³/mol. The number of carbonyl (C=O) groups is 1. The molecule has 1 atom stereocenters. The molecule has 0 saturated carbocycles. The third-order valence-electron chi connectivity index (χ3n) is 2.39. The van der Waals surface area contributed by atoms with Crippen molar-refractivity contribution in [3.05, 3.63) is 35.4 Å². The van der Waals surface area contributed by atoms with Crippen molar-refractivity contribution in [1.29, 1.82) is 0 Å². The molecule has 1 aliphatic rings. The molecule has 0 aliphatic carbocycles. The third-order valence-corrected chi connectivity index (χ3v) is 2.39. The van der Waals surface area contributed by atoms with Crippen molar-refractivity contribution in [2.24, 2.45) is 0 Å². The van der Waals surface area contributed by atoms with E-state index >= 15 is 0 Å². The van der Waals surface area contributed by atoms with Gasteiger partial charge in [0.05, 0.1) is 15.6 Å². The van der Waals surface area contributed by atoms with Gasteiger partial charge in [-0.25, -0.2) is 4.79 Å². The Balaban J connectivity index is 2.45. The number of fused-ring (bicyclic) bond motifs is 1. The molecule has 2 heterocycles. The summed E-state index contributed by atoms with van der Waals surface area (Å²) in [5.41, 5.74) is -3.15. The Morgan fingerprint density at radius 3 is 3.33 bits per heavy atom. The number of ether oxygens (including phenoxy) is 1. The molecule has 1 aromatic heterocycles. The molecule has 2 N–H and O–H groups in total. The van der Waals surface area contributed by atoms with Gasteiger partial charge in [0, 0.05) is 40.0 Å². The van der Waals surface area contributed by atoms with Gasteiger partial charge in [-0.15, -0.1) is 0 Å². The van der Waals surface area contributed by atoms with E-state index in [4.69, 9.17) is 26.0 Å². The quantitative estimate of drug-likeness (QED) is 0.887. The van der Waals surface area contributed by atoms with Crippen LogP contribution in [0.3, 0.4) is 0 Å². The van der Waals surface area contributed by atoms with Crippen LogP contribution in [-0.4, -0.2) is 49.0 Å². The van der Waals surface area contributed by atoms with E-state index in [-0.39, 0.29) is 0 Å². The van der Waals surface area contributed by atoms with Gasteiger partial charge in [0.2, 0.25) is 0 Å². The molecule has 0 radical (unpaired) electrons. The van der Waals surface area contributed by atoms with Crippen molar-refractivity contribution in [1.82, 2.24) is 15.2 Å². The average molecular weight is 306 g/mol. The SMILES string of the molecule is [2H]c1[nH]c2c([2H])c([2H])c(C([2H])([2H])[C@]3([2H])NC(=O)OC3([2H])[2H])c([2H])c2c1C([2H])([2H])C([2H])([2H])N(C([2H])([2H])[2H])C([2H])([2H])[2H]. The number of cyclic esters (lactones) is 1. The Kier molecular flexibility index (Phi) is 1.06. The van der Waals surface area contributed by atoms with Crippen molar-refractivity contribution in [3.8, 4) is 0 Å². The number of H-pyrrole nitrogens is 1. The van der Waals surface area contributed by atoms with E-state index in [2.05, 4.69) is 9.72 Å². The molecular formula is C16H21N3O2. The lowest BCUT2D eigenvalue weighted by Crippen LogP contribution is -2.28. The number of benzene rings is 1. The third kappa shape index (κ3) is 3.19. The zero-order chi connectivity index (χ0) is 31.4. The minimum absolute atomic E-state index is 0.683. The van der Waals surface area contributed by atoms with Crippen LogP contribution < -0.4 is 5.32 Å². The molecule has 1 aliphatic heterocycles. The summed E-state index contributed by atoms with van der Waals surface area (Å²) in [4.78, 5) is 13.1. The molecule has 3 rings (SSSR count). The second-order valence-electron chi connectivity index (χ2n) is 3.81. The molecule has 5 heteroatoms. The summed E-state index contributed by atoms with van der Waals surface area (Å²) in [6.07, 6.45) is -10.0. The Morgan fingerprint density at radius 1 is 1.67 bits per heavy atom. The van der Waals surface area contributed by atoms with Gasteiger partial charge in [0.15, 0.2) is 0 Å². The van der Waals surface area contributed by atoms with Crippen LogP contribution in [0.15, 0.2) is 24.3 Å². The molecule has 1 amide bonds. The van der Waals surface area contributed by atoms with Crippen LogP contribution >= 0.6 is 0 Å². The summed E-state index contributed by atoms with van der Waals surface area (Å²) < 4.78 is 157. The zero-order valence-corrected chi connectivity index (χ0v) is 10.3. The molecule has 0 spiro atoms. The average Bonchev–Trinajstić information content (AvgIpc) is 3.16. The Morgan fingerprint density at radius 2 is 2.57 bits per heavy atom. The molecule has 1 fully saturated rings. The number of amides is 1. The molecule has 0 bridgehead atoms. The summed E-state index contributed by atoms with van der Waals surface area (Å²) in [5.74, 6) is 0. The maximum atomic E-state index is 11.7. The fraction of sp³-hybridized carbons (Fsp3) is 0.438. The van der Waals surface area contributed by atoms with Crippen molar-refractivity contribution in [2.75, 3.05) is 27.0 Å². The number of aryl methyl sites for hydroxylation is 1. The smallest absolute Gasteiger partial charge is 0.407 e. The molecule has 112 valence electrons. The Hall–Kier alpha value is -2.01. The summed E-state index contributed by atoms with van der Waals surface area (Å²) in [5, 5.41) is 0.680. The first-order valence-corrected chi connectivity index (χ1v) is 5.53. The van der Waals surface area contributed by atoms with Gasteiger partial charge in [-0.2, -0.15) is 0 Å². The minimum Gasteiger partial charge on any atom is -0.447 e. The largest absolute Gasteiger partial charge is 0.447 e. The van der Waals surface area contributed by atoms with E-state index < -0.39 is 103 Å². The summed E-state index contributed by atoms with van der Waals surface area (Å²) >= 11 is 0. The summed E-state index contributed by atoms with van der Waals surface area (Å²) in [7, 11) is 0. The number of rotatable bonds is 5. The topological polar surface area (TPSA) is 57.4 Å². The fourth-order valence-corrected chi connectivity index (χ4v) is 1.58. The molecule has 0 unspecified atom stereocenters. The number of alkyl carbamates (subject to hydrolysis) is 1. The Bertz CT molecular complexity index is 1360.